The quantitative estimate of drug-likeness (QED) is 0.856. The minimum Gasteiger partial charge on any atom is -0.430 e. The van der Waals surface area contributed by atoms with Gasteiger partial charge in [0.05, 0.1) is 11.3 Å². The number of hydrogen-bond acceptors (Lipinski definition) is 5. The summed E-state index contributed by atoms with van der Waals surface area (Å²) in [6, 6.07) is 8.06. The molecule has 2 aromatic rings. The lowest BCUT2D eigenvalue weighted by atomic mass is 10.2. The van der Waals surface area contributed by atoms with Gasteiger partial charge in [0.1, 0.15) is 11.2 Å². The zero-order chi connectivity index (χ0) is 14.8. The molecule has 0 fully saturated rings. The van der Waals surface area contributed by atoms with Crippen molar-refractivity contribution >= 4 is 21.6 Å². The highest BCUT2D eigenvalue weighted by molar-refractivity contribution is 7.89. The Morgan fingerprint density at radius 1 is 1.15 bits per heavy atom. The van der Waals surface area contributed by atoms with Crippen LogP contribution in [0.2, 0.25) is 0 Å². The number of carbonyl (C=O) groups is 1. The van der Waals surface area contributed by atoms with E-state index in [2.05, 4.69) is 9.73 Å². The topological polar surface area (TPSA) is 119 Å². The van der Waals surface area contributed by atoms with Crippen LogP contribution in [0.3, 0.4) is 0 Å². The fourth-order valence-electron chi connectivity index (χ4n) is 1.50. The molecule has 0 aliphatic heterocycles. The lowest BCUT2D eigenvalue weighted by Gasteiger charge is -2.08. The first-order chi connectivity index (χ1) is 9.38. The number of primary sulfonamides is 1. The number of anilines is 1. The molecule has 0 unspecified atom stereocenters. The van der Waals surface area contributed by atoms with E-state index in [0.717, 1.165) is 12.3 Å². The maximum Gasteiger partial charge on any atom is 0.335 e. The van der Waals surface area contributed by atoms with Crippen LogP contribution in [0.5, 0.6) is 0 Å². The first kappa shape index (κ1) is 14.0. The van der Waals surface area contributed by atoms with E-state index in [4.69, 9.17) is 5.14 Å². The van der Waals surface area contributed by atoms with Crippen molar-refractivity contribution in [3.8, 4) is 0 Å². The van der Waals surface area contributed by atoms with Gasteiger partial charge in [-0.05, 0) is 18.2 Å². The largest absolute Gasteiger partial charge is 0.430 e. The molecular weight excluding hydrogens is 284 g/mol. The van der Waals surface area contributed by atoms with Crippen molar-refractivity contribution in [3.63, 3.8) is 0 Å². The molecule has 1 aromatic heterocycles. The summed E-state index contributed by atoms with van der Waals surface area (Å²) in [4.78, 5) is 22.5. The number of nitrogens with two attached hydrogens (primary N) is 1. The SMILES string of the molecule is NS(=O)(=O)c1ccccc1NC(=O)c1ccc(=O)oc1. The molecule has 0 spiro atoms. The van der Waals surface area contributed by atoms with Gasteiger partial charge in [0.25, 0.3) is 5.91 Å². The molecule has 0 radical (unpaired) electrons. The third kappa shape index (κ3) is 3.11. The molecule has 0 saturated carbocycles. The number of para-hydroxylation sites is 1. The average Bonchev–Trinajstić information content (AvgIpc) is 2.38. The van der Waals surface area contributed by atoms with Crippen LogP contribution in [0.25, 0.3) is 0 Å². The molecule has 20 heavy (non-hydrogen) atoms. The fourth-order valence-corrected chi connectivity index (χ4v) is 2.19. The maximum absolute atomic E-state index is 11.9. The molecule has 0 saturated heterocycles. The van der Waals surface area contributed by atoms with Crippen molar-refractivity contribution in [1.82, 2.24) is 0 Å². The van der Waals surface area contributed by atoms with E-state index in [9.17, 15) is 18.0 Å². The lowest BCUT2D eigenvalue weighted by molar-refractivity contribution is 0.102. The first-order valence-corrected chi connectivity index (χ1v) is 6.94. The van der Waals surface area contributed by atoms with Crippen LogP contribution in [0.1, 0.15) is 10.4 Å². The summed E-state index contributed by atoms with van der Waals surface area (Å²) < 4.78 is 27.3. The Labute approximate surface area is 114 Å². The minimum absolute atomic E-state index is 0.0474. The van der Waals surface area contributed by atoms with Gasteiger partial charge in [-0.3, -0.25) is 4.79 Å². The molecule has 0 aliphatic carbocycles. The number of carbonyl (C=O) groups excluding carboxylic acids is 1. The standard InChI is InChI=1S/C12H10N2O5S/c13-20(17,18)10-4-2-1-3-9(10)14-12(16)8-5-6-11(15)19-7-8/h1-7H,(H,14,16)(H2,13,17,18). The number of benzene rings is 1. The summed E-state index contributed by atoms with van der Waals surface area (Å²) in [5, 5.41) is 7.45. The van der Waals surface area contributed by atoms with E-state index < -0.39 is 21.6 Å². The van der Waals surface area contributed by atoms with Gasteiger partial charge in [-0.1, -0.05) is 12.1 Å². The zero-order valence-corrected chi connectivity index (χ0v) is 10.9. The molecule has 1 aromatic carbocycles. The second-order valence-electron chi connectivity index (χ2n) is 3.84. The first-order valence-electron chi connectivity index (χ1n) is 5.40. The maximum atomic E-state index is 11.9. The Morgan fingerprint density at radius 3 is 2.45 bits per heavy atom. The van der Waals surface area contributed by atoms with Gasteiger partial charge >= 0.3 is 5.63 Å². The summed E-state index contributed by atoms with van der Waals surface area (Å²) in [7, 11) is -3.96. The Bertz CT molecular complexity index is 790. The van der Waals surface area contributed by atoms with Crippen molar-refractivity contribution in [2.45, 2.75) is 4.90 Å². The number of amides is 1. The average molecular weight is 294 g/mol. The molecule has 7 nitrogen and oxygen atoms in total. The molecule has 3 N–H and O–H groups in total. The van der Waals surface area contributed by atoms with Crippen molar-refractivity contribution in [2.75, 3.05) is 5.32 Å². The second kappa shape index (κ2) is 5.27. The molecule has 0 bridgehead atoms. The van der Waals surface area contributed by atoms with E-state index >= 15 is 0 Å². The monoisotopic (exact) mass is 294 g/mol. The van der Waals surface area contributed by atoms with Gasteiger partial charge in [-0.2, -0.15) is 0 Å². The predicted molar refractivity (Wildman–Crippen MR) is 70.7 cm³/mol. The second-order valence-corrected chi connectivity index (χ2v) is 5.37. The summed E-state index contributed by atoms with van der Waals surface area (Å²) in [5.74, 6) is -0.621. The van der Waals surface area contributed by atoms with E-state index in [-0.39, 0.29) is 16.1 Å². The smallest absolute Gasteiger partial charge is 0.335 e. The normalized spacial score (nSPS) is 11.1. The van der Waals surface area contributed by atoms with Crippen molar-refractivity contribution < 1.29 is 17.6 Å². The van der Waals surface area contributed by atoms with E-state index in [1.807, 2.05) is 0 Å². The summed E-state index contributed by atoms with van der Waals surface area (Å²) in [6.07, 6.45) is 0.983. The van der Waals surface area contributed by atoms with Gasteiger partial charge in [0, 0.05) is 6.07 Å². The highest BCUT2D eigenvalue weighted by Crippen LogP contribution is 2.19. The number of hydrogen-bond donors (Lipinski definition) is 2. The highest BCUT2D eigenvalue weighted by Gasteiger charge is 2.16. The van der Waals surface area contributed by atoms with Crippen LogP contribution in [0, 0.1) is 0 Å². The van der Waals surface area contributed by atoms with E-state index in [1.54, 1.807) is 6.07 Å². The Kier molecular flexibility index (Phi) is 3.68. The third-order valence-corrected chi connectivity index (χ3v) is 3.37. The lowest BCUT2D eigenvalue weighted by Crippen LogP contribution is -2.18. The molecule has 104 valence electrons. The van der Waals surface area contributed by atoms with Gasteiger partial charge < -0.3 is 9.73 Å². The van der Waals surface area contributed by atoms with Crippen LogP contribution >= 0.6 is 0 Å². The van der Waals surface area contributed by atoms with Gasteiger partial charge in [-0.25, -0.2) is 18.4 Å². The number of rotatable bonds is 3. The zero-order valence-electron chi connectivity index (χ0n) is 10.1. The van der Waals surface area contributed by atoms with Crippen LogP contribution in [-0.4, -0.2) is 14.3 Å². The third-order valence-electron chi connectivity index (χ3n) is 2.40. The Balaban J connectivity index is 2.33. The number of nitrogens with one attached hydrogen (secondary N) is 1. The summed E-state index contributed by atoms with van der Waals surface area (Å²) >= 11 is 0. The van der Waals surface area contributed by atoms with Crippen LogP contribution in [-0.2, 0) is 10.0 Å². The van der Waals surface area contributed by atoms with Gasteiger partial charge in [0.2, 0.25) is 10.0 Å². The molecule has 0 aliphatic rings. The Hall–Kier alpha value is -2.45. The molecule has 0 atom stereocenters. The van der Waals surface area contributed by atoms with Gasteiger partial charge in [-0.15, -0.1) is 0 Å². The highest BCUT2D eigenvalue weighted by atomic mass is 32.2. The molecule has 1 heterocycles. The van der Waals surface area contributed by atoms with E-state index in [1.165, 1.54) is 24.3 Å². The minimum atomic E-state index is -3.96. The predicted octanol–water partition coefficient (Wildman–Crippen LogP) is 0.540. The number of sulfonamides is 1. The van der Waals surface area contributed by atoms with Gasteiger partial charge in [0.15, 0.2) is 0 Å². The van der Waals surface area contributed by atoms with E-state index in [0.29, 0.717) is 0 Å². The molecule has 8 heteroatoms. The molecule has 2 rings (SSSR count). The van der Waals surface area contributed by atoms with Crippen molar-refractivity contribution in [1.29, 1.82) is 0 Å². The summed E-state index contributed by atoms with van der Waals surface area (Å²) in [5.41, 5.74) is -0.466. The molecular formula is C12H10N2O5S. The van der Waals surface area contributed by atoms with Crippen LogP contribution in [0.15, 0.2) is 56.8 Å². The van der Waals surface area contributed by atoms with Crippen molar-refractivity contribution in [2.24, 2.45) is 5.14 Å². The van der Waals surface area contributed by atoms with Crippen LogP contribution in [0.4, 0.5) is 5.69 Å². The molecule has 1 amide bonds. The van der Waals surface area contributed by atoms with Crippen LogP contribution < -0.4 is 16.1 Å². The fraction of sp³-hybridized carbons (Fsp3) is 0. The summed E-state index contributed by atoms with van der Waals surface area (Å²) in [6.45, 7) is 0. The van der Waals surface area contributed by atoms with Crippen molar-refractivity contribution in [3.05, 3.63) is 58.6 Å². The Morgan fingerprint density at radius 2 is 1.85 bits per heavy atom.